The first kappa shape index (κ1) is 39.9. The summed E-state index contributed by atoms with van der Waals surface area (Å²) in [6, 6.07) is 16.4. The summed E-state index contributed by atoms with van der Waals surface area (Å²) in [6.07, 6.45) is 5.10. The van der Waals surface area contributed by atoms with Gasteiger partial charge in [0.1, 0.15) is 11.5 Å². The molecule has 4 N–H and O–H groups in total. The third-order valence-corrected chi connectivity index (χ3v) is 8.22. The van der Waals surface area contributed by atoms with E-state index in [9.17, 15) is 9.59 Å². The van der Waals surface area contributed by atoms with Crippen molar-refractivity contribution in [2.24, 2.45) is 5.73 Å². The predicted molar refractivity (Wildman–Crippen MR) is 195 cm³/mol. The van der Waals surface area contributed by atoms with Crippen LogP contribution in [0.15, 0.2) is 60.9 Å². The molecule has 276 valence electrons. The van der Waals surface area contributed by atoms with Crippen molar-refractivity contribution in [3.8, 4) is 23.6 Å². The van der Waals surface area contributed by atoms with Crippen molar-refractivity contribution >= 4 is 11.9 Å². The Balaban J connectivity index is 0.000000197. The summed E-state index contributed by atoms with van der Waals surface area (Å²) in [7, 11) is 0. The van der Waals surface area contributed by atoms with Crippen molar-refractivity contribution in [1.82, 2.24) is 15.3 Å². The monoisotopic (exact) mass is 720 g/mol. The Bertz CT molecular complexity index is 2050. The number of carbonyl (C=O) groups is 2. The summed E-state index contributed by atoms with van der Waals surface area (Å²) < 4.78 is 23.1. The highest BCUT2D eigenvalue weighted by Gasteiger charge is 2.31. The van der Waals surface area contributed by atoms with Gasteiger partial charge < -0.3 is 35.1 Å². The molecule has 0 saturated heterocycles. The molecule has 0 spiro atoms. The Morgan fingerprint density at radius 2 is 1.28 bits per heavy atom. The van der Waals surface area contributed by atoms with Crippen LogP contribution in [0.2, 0.25) is 0 Å². The van der Waals surface area contributed by atoms with E-state index in [1.165, 1.54) is 12.1 Å². The van der Waals surface area contributed by atoms with Crippen LogP contribution in [0.25, 0.3) is 0 Å². The largest absolute Gasteiger partial charge is 0.478 e. The van der Waals surface area contributed by atoms with E-state index in [0.717, 1.165) is 51.6 Å². The number of benzene rings is 2. The van der Waals surface area contributed by atoms with Crippen LogP contribution < -0.4 is 20.5 Å². The van der Waals surface area contributed by atoms with E-state index < -0.39 is 17.5 Å². The number of nitrogens with one attached hydrogen (secondary N) is 1. The molecule has 53 heavy (non-hydrogen) atoms. The van der Waals surface area contributed by atoms with Crippen LogP contribution in [0, 0.1) is 36.5 Å². The molecule has 2 aliphatic rings. The zero-order valence-electron chi connectivity index (χ0n) is 30.8. The zero-order chi connectivity index (χ0) is 38.8. The van der Waals surface area contributed by atoms with Crippen LogP contribution >= 0.6 is 0 Å². The Morgan fingerprint density at radius 1 is 0.811 bits per heavy atom. The van der Waals surface area contributed by atoms with E-state index in [2.05, 4.69) is 15.3 Å². The molecule has 0 atom stereocenters. The van der Waals surface area contributed by atoms with Crippen LogP contribution in [0.4, 0.5) is 0 Å². The van der Waals surface area contributed by atoms with Gasteiger partial charge in [-0.2, -0.15) is 10.5 Å². The number of hydrogen-bond acceptors (Lipinski definition) is 11. The molecule has 0 fully saturated rings. The number of hydrogen-bond donors (Lipinski definition) is 3. The van der Waals surface area contributed by atoms with Crippen molar-refractivity contribution < 1.29 is 33.6 Å². The van der Waals surface area contributed by atoms with Gasteiger partial charge in [0.15, 0.2) is 0 Å². The van der Waals surface area contributed by atoms with E-state index in [-0.39, 0.29) is 11.5 Å². The van der Waals surface area contributed by atoms with E-state index in [1.807, 2.05) is 66.1 Å². The van der Waals surface area contributed by atoms with Crippen molar-refractivity contribution in [2.45, 2.75) is 79.2 Å². The van der Waals surface area contributed by atoms with Gasteiger partial charge >= 0.3 is 5.97 Å². The van der Waals surface area contributed by atoms with Crippen molar-refractivity contribution in [3.05, 3.63) is 117 Å². The SMILES string of the molecule is Cc1ncc(CCN)c2c1OC(C)(C)OC2.Cc1ncc(CCNC(=O)c2cccc(C#N)c2)c2c1OC(C)(C)OC2.N#Cc1cccc(C(=O)O)c1. The summed E-state index contributed by atoms with van der Waals surface area (Å²) in [5.74, 6) is -0.820. The molecule has 0 aliphatic carbocycles. The van der Waals surface area contributed by atoms with Gasteiger partial charge in [-0.25, -0.2) is 4.79 Å². The van der Waals surface area contributed by atoms with Gasteiger partial charge in [-0.1, -0.05) is 12.1 Å². The fourth-order valence-corrected chi connectivity index (χ4v) is 5.43. The quantitative estimate of drug-likeness (QED) is 0.211. The molecule has 1 amide bonds. The number of rotatable bonds is 7. The first-order valence-corrected chi connectivity index (χ1v) is 17.0. The fourth-order valence-electron chi connectivity index (χ4n) is 5.43. The number of fused-ring (bicyclic) bond motifs is 2. The fraction of sp³-hybridized carbons (Fsp3) is 0.350. The number of carboxylic acid groups (broad SMARTS) is 1. The van der Waals surface area contributed by atoms with Crippen molar-refractivity contribution in [3.63, 3.8) is 0 Å². The number of ether oxygens (including phenoxy) is 4. The second kappa shape index (κ2) is 17.6. The highest BCUT2D eigenvalue weighted by Crippen LogP contribution is 2.36. The number of nitrogens with zero attached hydrogens (tertiary/aromatic N) is 4. The van der Waals surface area contributed by atoms with E-state index >= 15 is 0 Å². The minimum atomic E-state index is -1.01. The maximum atomic E-state index is 12.2. The Morgan fingerprint density at radius 3 is 1.75 bits per heavy atom. The first-order chi connectivity index (χ1) is 25.2. The topological polar surface area (TPSA) is 203 Å². The normalized spacial score (nSPS) is 14.4. The number of nitriles is 2. The molecule has 4 aromatic rings. The van der Waals surface area contributed by atoms with E-state index in [0.29, 0.717) is 49.4 Å². The Hall–Kier alpha value is -5.86. The van der Waals surface area contributed by atoms with Gasteiger partial charge in [-0.3, -0.25) is 14.8 Å². The van der Waals surface area contributed by atoms with Crippen LogP contribution in [0.3, 0.4) is 0 Å². The molecular weight excluding hydrogens is 676 g/mol. The summed E-state index contributed by atoms with van der Waals surface area (Å²) in [5, 5.41) is 28.7. The molecule has 13 nitrogen and oxygen atoms in total. The average Bonchev–Trinajstić information content (AvgIpc) is 3.14. The molecule has 0 saturated carbocycles. The highest BCUT2D eigenvalue weighted by atomic mass is 16.7. The number of aromatic nitrogens is 2. The van der Waals surface area contributed by atoms with Gasteiger partial charge in [0.05, 0.1) is 53.4 Å². The van der Waals surface area contributed by atoms with Gasteiger partial charge in [0, 0.05) is 63.3 Å². The second-order valence-corrected chi connectivity index (χ2v) is 13.2. The third kappa shape index (κ3) is 10.8. The number of aryl methyl sites for hydroxylation is 2. The number of nitrogens with two attached hydrogens (primary N) is 1. The Kier molecular flexibility index (Phi) is 13.2. The number of amides is 1. The smallest absolute Gasteiger partial charge is 0.335 e. The van der Waals surface area contributed by atoms with Gasteiger partial charge in [0.25, 0.3) is 5.91 Å². The van der Waals surface area contributed by atoms with E-state index in [4.69, 9.17) is 40.3 Å². The summed E-state index contributed by atoms with van der Waals surface area (Å²) in [5.41, 5.74) is 13.0. The van der Waals surface area contributed by atoms with Gasteiger partial charge in [-0.05, 0) is 80.8 Å². The molecule has 13 heteroatoms. The second-order valence-electron chi connectivity index (χ2n) is 13.2. The molecule has 4 heterocycles. The zero-order valence-corrected chi connectivity index (χ0v) is 30.8. The predicted octanol–water partition coefficient (Wildman–Crippen LogP) is 5.67. The van der Waals surface area contributed by atoms with Gasteiger partial charge in [0.2, 0.25) is 11.6 Å². The molecule has 6 rings (SSSR count). The lowest BCUT2D eigenvalue weighted by Crippen LogP contribution is -2.36. The lowest BCUT2D eigenvalue weighted by Gasteiger charge is -2.34. The molecule has 2 aromatic heterocycles. The minimum absolute atomic E-state index is 0.143. The van der Waals surface area contributed by atoms with Gasteiger partial charge in [-0.15, -0.1) is 0 Å². The first-order valence-electron chi connectivity index (χ1n) is 17.0. The molecule has 0 bridgehead atoms. The van der Waals surface area contributed by atoms with Crippen molar-refractivity contribution in [1.29, 1.82) is 10.5 Å². The lowest BCUT2D eigenvalue weighted by molar-refractivity contribution is -0.181. The van der Waals surface area contributed by atoms with Crippen LogP contribution in [-0.2, 0) is 35.5 Å². The third-order valence-electron chi connectivity index (χ3n) is 8.22. The van der Waals surface area contributed by atoms with Crippen LogP contribution in [0.1, 0.15) is 93.2 Å². The average molecular weight is 721 g/mol. The van der Waals surface area contributed by atoms with Crippen molar-refractivity contribution in [2.75, 3.05) is 13.1 Å². The minimum Gasteiger partial charge on any atom is -0.478 e. The number of carboxylic acids is 1. The summed E-state index contributed by atoms with van der Waals surface area (Å²) in [6.45, 7) is 13.5. The molecule has 0 radical (unpaired) electrons. The summed E-state index contributed by atoms with van der Waals surface area (Å²) >= 11 is 0. The summed E-state index contributed by atoms with van der Waals surface area (Å²) in [4.78, 5) is 31.4. The molecule has 2 aliphatic heterocycles. The van der Waals surface area contributed by atoms with Crippen LogP contribution in [-0.4, -0.2) is 51.6 Å². The standard InChI is InChI=1S/C20H21N3O3.C12H18N2O2.C8H5NO2/c1-13-18-17(12-25-20(2,3)26-18)16(11-23-13)7-8-22-19(24)15-6-4-5-14(9-15)10-21;1-8-11-10(7-15-12(2,3)16-11)9(4-5-13)6-14-8;9-5-6-2-1-3-7(4-6)8(10)11/h4-6,9,11H,7-8,12H2,1-3H3,(H,22,24);6H,4-5,7,13H2,1-3H3;1-4H,(H,10,11). The highest BCUT2D eigenvalue weighted by molar-refractivity contribution is 5.94. The maximum Gasteiger partial charge on any atom is 0.335 e. The number of carbonyl (C=O) groups excluding carboxylic acids is 1. The number of pyridine rings is 2. The molecular formula is C40H44N6O7. The maximum absolute atomic E-state index is 12.2. The molecule has 2 aromatic carbocycles. The lowest BCUT2D eigenvalue weighted by atomic mass is 10.0. The van der Waals surface area contributed by atoms with Crippen LogP contribution in [0.5, 0.6) is 11.5 Å². The molecule has 0 unspecified atom stereocenters. The number of aromatic carboxylic acids is 1. The van der Waals surface area contributed by atoms with E-state index in [1.54, 1.807) is 36.4 Å². The Labute approximate surface area is 309 Å².